The van der Waals surface area contributed by atoms with E-state index in [1.165, 1.54) is 30.3 Å². The van der Waals surface area contributed by atoms with E-state index >= 15 is 0 Å². The number of para-hydroxylation sites is 2. The number of nitrogen functional groups attached to an aromatic ring is 2. The summed E-state index contributed by atoms with van der Waals surface area (Å²) in [7, 11) is 0. The minimum atomic E-state index is -1.50. The molecular formula is C95H131Br3F3K2N15O30. The second kappa shape index (κ2) is 65.3. The zero-order chi connectivity index (χ0) is 108. The summed E-state index contributed by atoms with van der Waals surface area (Å²) in [5.41, 5.74) is 18.9. The van der Waals surface area contributed by atoms with E-state index < -0.39 is 66.2 Å². The van der Waals surface area contributed by atoms with Crippen LogP contribution in [0.2, 0.25) is 0 Å². The molecule has 0 unspecified atom stereocenters. The van der Waals surface area contributed by atoms with E-state index in [2.05, 4.69) is 68.3 Å². The topological polar surface area (TPSA) is 594 Å². The number of phenols is 2. The molecule has 810 valence electrons. The van der Waals surface area contributed by atoms with Crippen LogP contribution in [0.4, 0.5) is 66.7 Å². The molecule has 16 rings (SSSR count). The predicted octanol–water partition coefficient (Wildman–Crippen LogP) is 11.1. The van der Waals surface area contributed by atoms with Gasteiger partial charge in [-0.3, -0.25) is 25.0 Å². The van der Waals surface area contributed by atoms with Crippen molar-refractivity contribution in [3.8, 4) is 74.0 Å². The maximum Gasteiger partial charge on any atom is 1.00 e. The van der Waals surface area contributed by atoms with Crippen molar-refractivity contribution in [2.75, 3.05) is 151 Å². The van der Waals surface area contributed by atoms with Crippen LogP contribution >= 0.6 is 47.8 Å². The molecule has 148 heavy (non-hydrogen) atoms. The minimum Gasteiger partial charge on any atom is -1.00 e. The van der Waals surface area contributed by atoms with E-state index in [0.717, 1.165) is 123 Å². The van der Waals surface area contributed by atoms with Crippen LogP contribution in [-0.2, 0) is 28.6 Å². The SMILES string of the molecule is BrCCBr.CC(C)(C)OC(=O)N1CCCC[C@@H](N)C1.CC(C)(C)OC(=O)N1CCCC[C@@H](Nc2c(N)ccc3c2OCCO3)C1.CC(C)(C)OC(=O)N1CCCC[C@@H](Nc2c([N+](=O)[O-])ccc3c2OCCO3)C1.CC(C)(C)OC(=O)N1CCCC[C@@H](n2c(N)nc3ccc4c(c32)OCCO4)C1.Fc1cccc2c1OCCO2.N#CBr.O=CO[O-].O=[N+]([O-])O.O=[N+]([O-])c1ccc2c(c1F)OCCO2.Oc1cccc(F)c1O.[H-].[K+].[K+]. The Hall–Kier alpha value is -9.95. The summed E-state index contributed by atoms with van der Waals surface area (Å²) in [5, 5.41) is 77.2. The number of aromatic hydroxyl groups is 2. The molecule has 0 bridgehead atoms. The molecule has 10 heterocycles. The zero-order valence-electron chi connectivity index (χ0n) is 86.4. The first-order valence-corrected chi connectivity index (χ1v) is 49.7. The fourth-order valence-electron chi connectivity index (χ4n) is 14.9. The minimum absolute atomic E-state index is 0. The van der Waals surface area contributed by atoms with Crippen LogP contribution in [0, 0.1) is 58.0 Å². The number of alkyl halides is 2. The molecule has 4 atom stereocenters. The number of hydrogen-bond donors (Lipinski definition) is 8. The number of nitrogens with two attached hydrogens (primary N) is 3. The number of benzene rings is 6. The van der Waals surface area contributed by atoms with Gasteiger partial charge in [0.25, 0.3) is 17.2 Å². The van der Waals surface area contributed by atoms with Gasteiger partial charge in [-0.25, -0.2) is 32.9 Å². The van der Waals surface area contributed by atoms with Gasteiger partial charge in [0.15, 0.2) is 80.6 Å². The van der Waals surface area contributed by atoms with E-state index in [1.807, 2.05) is 112 Å². The zero-order valence-corrected chi connectivity index (χ0v) is 96.4. The molecule has 11 N–H and O–H groups in total. The Bertz CT molecular complexity index is 5440. The van der Waals surface area contributed by atoms with Crippen molar-refractivity contribution in [1.82, 2.24) is 29.2 Å². The van der Waals surface area contributed by atoms with Gasteiger partial charge in [-0.2, -0.15) is 9.65 Å². The second-order valence-electron chi connectivity index (χ2n) is 36.8. The van der Waals surface area contributed by atoms with Crippen molar-refractivity contribution >= 4 is 124 Å². The molecule has 0 saturated carbocycles. The van der Waals surface area contributed by atoms with Crippen LogP contribution in [0.15, 0.2) is 84.9 Å². The van der Waals surface area contributed by atoms with E-state index in [-0.39, 0.29) is 195 Å². The Labute approximate surface area is 967 Å². The Morgan fingerprint density at radius 3 is 1.27 bits per heavy atom. The number of carbonyl (C=O) groups excluding carboxylic acids is 5. The number of nitrogens with zero attached hydrogens (tertiary/aromatic N) is 10. The Kier molecular flexibility index (Phi) is 57.5. The van der Waals surface area contributed by atoms with E-state index in [9.17, 15) is 52.6 Å². The largest absolute Gasteiger partial charge is 1.00 e. The molecule has 45 nitrogen and oxygen atoms in total. The van der Waals surface area contributed by atoms with Gasteiger partial charge in [0.05, 0.1) is 27.1 Å². The standard InChI is InChI=1S/C20H28N4O4.C19H27N3O6.C19H29N3O4.C11H22N2O2.C8H6FNO4.C8H7FO2.C6H5FO2.C2H4Br2.CBrN.CH2O3.2K.HNO3.H/c1-20(2,3)28-19(25)23-9-5-4-6-13(12-23)24-16-14(22-18(24)21)7-8-15-17(16)27-11-10-26-15;1-19(2,3)28-18(23)21-9-5-4-6-13(12-21)20-16-14(22(24)25)7-8-15-17(16)27-11-10-26-15;1-19(2,3)26-18(23)22-9-5-4-6-13(12-22)21-16-14(20)7-8-15-17(16)25-11-10-24-15;1-11(2,3)15-10(14)13-7-5-4-6-9(12)8-13;9-7-5(10(11)12)1-2-6-8(7)14-4-3-13-6;9-6-2-1-3-7-8(6)11-5-4-10-7;7-4-2-1-3-5(8)6(4)9;3-1-2-4;2-1-3;2-1-4-3;;;2-1(3)4;/h7-8,13H,4-6,9-12H2,1-3H3,(H2,21,22);7-8,13,20H,4-6,9-12H2,1-3H3;7-8,13,21H,4-6,9-12,20H2,1-3H3;9H,4-8,12H2,1-3H3;1-2H,3-4H2;1-3H,4-5H2;1-3,8-9H;1-2H2;;1,3H;;;(H,2,3,4);/q;;;;;;;;;;2*+1;;-1/p-1/t3*13-;9-;;;;;;;;;;/m1111........../s1. The number of amides is 4. The van der Waals surface area contributed by atoms with Crippen molar-refractivity contribution in [1.29, 1.82) is 5.26 Å². The molecule has 1 aromatic heterocycles. The summed E-state index contributed by atoms with van der Waals surface area (Å²) >= 11 is 8.85. The number of nitrogens with one attached hydrogen (secondary N) is 2. The first-order chi connectivity index (χ1) is 69.1. The molecule has 4 amide bonds. The number of phenolic OH excluding ortho intramolecular Hbond substituents is 2. The molecular weight excluding hydrogens is 2210 g/mol. The van der Waals surface area contributed by atoms with E-state index in [1.54, 1.807) is 42.8 Å². The number of likely N-dealkylation sites (tertiary alicyclic amines) is 4. The maximum atomic E-state index is 13.4. The number of nitro benzene ring substituents is 2. The summed E-state index contributed by atoms with van der Waals surface area (Å²) in [6.07, 6.45) is 10.3. The number of aromatic nitrogens is 2. The van der Waals surface area contributed by atoms with E-state index in [0.29, 0.717) is 163 Å². The Morgan fingerprint density at radius 2 is 0.851 bits per heavy atom. The molecule has 53 heteroatoms. The average molecular weight is 2340 g/mol. The average Bonchev–Trinajstić information content (AvgIpc) is 1.60. The third-order valence-corrected chi connectivity index (χ3v) is 22.7. The van der Waals surface area contributed by atoms with Crippen LogP contribution in [-0.4, -0.2) is 260 Å². The van der Waals surface area contributed by atoms with Crippen molar-refractivity contribution < 1.29 is 248 Å². The van der Waals surface area contributed by atoms with Crippen molar-refractivity contribution in [2.45, 2.75) is 207 Å². The summed E-state index contributed by atoms with van der Waals surface area (Å²) in [6, 6.07) is 21.0. The molecule has 9 aliphatic rings. The van der Waals surface area contributed by atoms with Gasteiger partial charge < -0.3 is 145 Å². The molecule has 4 saturated heterocycles. The maximum absolute atomic E-state index is 13.4. The van der Waals surface area contributed by atoms with Crippen molar-refractivity contribution in [3.05, 3.63) is 133 Å². The van der Waals surface area contributed by atoms with Crippen LogP contribution in [0.25, 0.3) is 11.0 Å². The smallest absolute Gasteiger partial charge is 1.00 e. The second-order valence-corrected chi connectivity index (χ2v) is 38.8. The fourth-order valence-corrected chi connectivity index (χ4v) is 14.9. The normalized spacial score (nSPS) is 17.0. The van der Waals surface area contributed by atoms with Crippen LogP contribution in [0.3, 0.4) is 0 Å². The van der Waals surface area contributed by atoms with Crippen LogP contribution < -0.4 is 183 Å². The van der Waals surface area contributed by atoms with Gasteiger partial charge in [0.2, 0.25) is 17.5 Å². The van der Waals surface area contributed by atoms with E-state index in [4.69, 9.17) is 124 Å². The van der Waals surface area contributed by atoms with Crippen LogP contribution in [0.1, 0.15) is 168 Å². The fraction of sp³-hybridized carbons (Fsp3) is 0.547. The Balaban J connectivity index is 0.000000446. The number of anilines is 4. The predicted molar refractivity (Wildman–Crippen MR) is 540 cm³/mol. The third-order valence-electron chi connectivity index (χ3n) is 20.8. The summed E-state index contributed by atoms with van der Waals surface area (Å²) in [6.45, 7) is 31.3. The number of halogens is 6. The van der Waals surface area contributed by atoms with Crippen LogP contribution in [0.5, 0.6) is 69.0 Å². The molecule has 0 radical (unpaired) electrons. The van der Waals surface area contributed by atoms with Gasteiger partial charge >= 0.3 is 133 Å². The number of rotatable bonds is 9. The monoisotopic (exact) mass is 2330 g/mol. The molecule has 0 spiro atoms. The van der Waals surface area contributed by atoms with Gasteiger partial charge in [-0.15, -0.1) is 10.1 Å². The number of nitro groups is 2. The molecule has 9 aliphatic heterocycles. The summed E-state index contributed by atoms with van der Waals surface area (Å²) in [5.74, 6) is 1.49. The van der Waals surface area contributed by atoms with Gasteiger partial charge in [-0.05, 0) is 214 Å². The molecule has 6 aromatic carbocycles. The van der Waals surface area contributed by atoms with Gasteiger partial charge in [0.1, 0.15) is 105 Å². The van der Waals surface area contributed by atoms with Gasteiger partial charge in [-0.1, -0.05) is 50.4 Å². The number of ether oxygens (including phenoxy) is 14. The molecule has 0 aliphatic carbocycles. The quantitative estimate of drug-likeness (QED) is 0.00766. The summed E-state index contributed by atoms with van der Waals surface area (Å²) < 4.78 is 117. The summed E-state index contributed by atoms with van der Waals surface area (Å²) in [4.78, 5) is 103. The third kappa shape index (κ3) is 44.9. The molecule has 7 aromatic rings. The first kappa shape index (κ1) is 130. The van der Waals surface area contributed by atoms with Crippen molar-refractivity contribution in [2.24, 2.45) is 5.73 Å². The number of carbonyl (C=O) groups is 5. The van der Waals surface area contributed by atoms with Crippen molar-refractivity contribution in [3.63, 3.8) is 0 Å². The molecule has 4 fully saturated rings. The first-order valence-electron chi connectivity index (χ1n) is 46.7. The number of imidazole rings is 1. The van der Waals surface area contributed by atoms with Gasteiger partial charge in [0, 0.05) is 109 Å². The Morgan fingerprint density at radius 1 is 0.507 bits per heavy atom. The number of fused-ring (bicyclic) bond motifs is 7. The number of hydrogen-bond acceptors (Lipinski definition) is 36. The number of nitriles is 1.